The van der Waals surface area contributed by atoms with E-state index in [1.165, 1.54) is 49.6 Å². The highest BCUT2D eigenvalue weighted by atomic mass is 16.3. The van der Waals surface area contributed by atoms with Gasteiger partial charge in [-0.15, -0.1) is 0 Å². The Kier molecular flexibility index (Phi) is 10.9. The van der Waals surface area contributed by atoms with Crippen LogP contribution in [0.2, 0.25) is 0 Å². The predicted molar refractivity (Wildman–Crippen MR) is 154 cm³/mol. The highest BCUT2D eigenvalue weighted by molar-refractivity contribution is 5.92. The van der Waals surface area contributed by atoms with Crippen molar-refractivity contribution < 1.29 is 5.11 Å². The van der Waals surface area contributed by atoms with Crippen LogP contribution in [0.25, 0.3) is 0 Å². The van der Waals surface area contributed by atoms with Crippen molar-refractivity contribution in [3.8, 4) is 0 Å². The van der Waals surface area contributed by atoms with E-state index >= 15 is 0 Å². The molecule has 3 heterocycles. The molecule has 8 nitrogen and oxygen atoms in total. The molecule has 4 N–H and O–H groups in total. The lowest BCUT2D eigenvalue weighted by molar-refractivity contribution is 0.0799. The first-order chi connectivity index (χ1) is 17.7. The summed E-state index contributed by atoms with van der Waals surface area (Å²) in [6.45, 7) is 12.0. The van der Waals surface area contributed by atoms with Crippen LogP contribution >= 0.6 is 0 Å². The number of pyridine rings is 1. The molecule has 1 aliphatic heterocycles. The van der Waals surface area contributed by atoms with Crippen molar-refractivity contribution in [3.05, 3.63) is 34.3 Å². The summed E-state index contributed by atoms with van der Waals surface area (Å²) >= 11 is 0. The average Bonchev–Trinajstić information content (AvgIpc) is 3.54. The second kappa shape index (κ2) is 13.9. The maximum Gasteiger partial charge on any atom is 0.136 e. The molecule has 0 amide bonds. The summed E-state index contributed by atoms with van der Waals surface area (Å²) in [5.74, 6) is 0.755. The molecule has 8 heteroatoms. The minimum atomic E-state index is -0.650. The molecule has 0 radical (unpaired) electrons. The van der Waals surface area contributed by atoms with Gasteiger partial charge in [0.15, 0.2) is 0 Å². The summed E-state index contributed by atoms with van der Waals surface area (Å²) < 4.78 is 2.21. The second-order valence-electron chi connectivity index (χ2n) is 11.2. The van der Waals surface area contributed by atoms with Crippen molar-refractivity contribution in [2.45, 2.75) is 104 Å². The number of hydrogen-bond donors (Lipinski definition) is 4. The topological polar surface area (TPSA) is 102 Å². The van der Waals surface area contributed by atoms with Crippen LogP contribution in [-0.2, 0) is 19.5 Å². The fraction of sp³-hybridized carbons (Fsp3) is 0.690. The quantitative estimate of drug-likeness (QED) is 0.251. The van der Waals surface area contributed by atoms with Gasteiger partial charge in [0, 0.05) is 62.8 Å². The minimum absolute atomic E-state index is 0.627. The number of fused-ring (bicyclic) bond motifs is 1. The van der Waals surface area contributed by atoms with Crippen LogP contribution in [0, 0.1) is 19.3 Å². The number of aryl methyl sites for hydroxylation is 3. The molecule has 206 valence electrons. The molecule has 2 aliphatic rings. The van der Waals surface area contributed by atoms with Crippen molar-refractivity contribution in [1.82, 2.24) is 20.1 Å². The summed E-state index contributed by atoms with van der Waals surface area (Å²) in [7, 11) is 1.85. The number of anilines is 2. The highest BCUT2D eigenvalue weighted by Gasteiger charge is 2.25. The van der Waals surface area contributed by atoms with Crippen molar-refractivity contribution in [2.24, 2.45) is 0 Å². The van der Waals surface area contributed by atoms with Crippen LogP contribution < -0.4 is 15.5 Å². The first kappa shape index (κ1) is 29.1. The first-order valence-corrected chi connectivity index (χ1v) is 14.2. The largest absolute Gasteiger partial charge is 0.389 e. The zero-order chi connectivity index (χ0) is 26.8. The number of hydrogen-bond acceptors (Lipinski definition) is 7. The molecule has 37 heavy (non-hydrogen) atoms. The first-order valence-electron chi connectivity index (χ1n) is 14.2. The monoisotopic (exact) mass is 511 g/mol. The number of nitrogens with one attached hydrogen (secondary N) is 3. The van der Waals surface area contributed by atoms with Crippen LogP contribution in [0.1, 0.15) is 93.4 Å². The number of unbranched alkanes of at least 4 members (excludes halogenated alkanes) is 2. The maximum absolute atomic E-state index is 9.75. The van der Waals surface area contributed by atoms with Gasteiger partial charge in [-0.25, -0.2) is 4.98 Å². The van der Waals surface area contributed by atoms with Crippen molar-refractivity contribution in [1.29, 1.82) is 5.41 Å². The van der Waals surface area contributed by atoms with Gasteiger partial charge in [0.25, 0.3) is 0 Å². The average molecular weight is 512 g/mol. The Morgan fingerprint density at radius 3 is 2.43 bits per heavy atom. The predicted octanol–water partition coefficient (Wildman–Crippen LogP) is 4.98. The van der Waals surface area contributed by atoms with Crippen molar-refractivity contribution >= 4 is 17.7 Å². The molecule has 0 unspecified atom stereocenters. The van der Waals surface area contributed by atoms with E-state index in [-0.39, 0.29) is 0 Å². The zero-order valence-corrected chi connectivity index (χ0v) is 23.8. The van der Waals surface area contributed by atoms with Gasteiger partial charge in [0.1, 0.15) is 5.82 Å². The normalized spacial score (nSPS) is 15.2. The lowest BCUT2D eigenvalue weighted by Gasteiger charge is -2.31. The van der Waals surface area contributed by atoms with Crippen LogP contribution in [-0.4, -0.2) is 58.4 Å². The second-order valence-corrected chi connectivity index (χ2v) is 11.2. The molecular weight excluding hydrogens is 462 g/mol. The smallest absolute Gasteiger partial charge is 0.136 e. The van der Waals surface area contributed by atoms with E-state index in [0.717, 1.165) is 80.3 Å². The van der Waals surface area contributed by atoms with Gasteiger partial charge in [0.05, 0.1) is 22.5 Å². The van der Waals surface area contributed by atoms with E-state index in [1.807, 2.05) is 27.8 Å². The van der Waals surface area contributed by atoms with Gasteiger partial charge in [-0.05, 0) is 53.1 Å². The Hall–Kier alpha value is -2.45. The number of rotatable bonds is 11. The van der Waals surface area contributed by atoms with Gasteiger partial charge in [-0.1, -0.05) is 38.5 Å². The summed E-state index contributed by atoms with van der Waals surface area (Å²) in [6.07, 6.45) is 13.2. The highest BCUT2D eigenvalue weighted by Crippen LogP contribution is 2.31. The summed E-state index contributed by atoms with van der Waals surface area (Å²) in [5, 5.41) is 29.0. The number of nitrogens with zero attached hydrogens (tertiary/aromatic N) is 4. The molecule has 0 bridgehead atoms. The fourth-order valence-electron chi connectivity index (χ4n) is 5.28. The van der Waals surface area contributed by atoms with Gasteiger partial charge in [-0.3, -0.25) is 4.68 Å². The number of aromatic nitrogens is 3. The molecule has 2 aromatic heterocycles. The third-order valence-corrected chi connectivity index (χ3v) is 7.25. The Bertz CT molecular complexity index is 997. The maximum atomic E-state index is 9.75. The van der Waals surface area contributed by atoms with E-state index in [0.29, 0.717) is 6.54 Å². The van der Waals surface area contributed by atoms with E-state index in [4.69, 9.17) is 10.5 Å². The zero-order valence-electron chi connectivity index (χ0n) is 23.8. The molecule has 1 aliphatic carbocycles. The fourth-order valence-corrected chi connectivity index (χ4v) is 5.28. The molecule has 0 saturated heterocycles. The summed E-state index contributed by atoms with van der Waals surface area (Å²) in [5.41, 5.74) is 5.98. The SMILES string of the molecule is C1CCCC1.CNc1nc(C)cc(N2CCc3c(c(C)nn3CCCCCNCC(C)(C)O)C2)c1C=N. The van der Waals surface area contributed by atoms with E-state index in [1.54, 1.807) is 0 Å². The summed E-state index contributed by atoms with van der Waals surface area (Å²) in [4.78, 5) is 6.89. The van der Waals surface area contributed by atoms with Gasteiger partial charge < -0.3 is 26.0 Å². The van der Waals surface area contributed by atoms with E-state index in [9.17, 15) is 5.11 Å². The standard InChI is InChI=1S/C24H39N7O.C5H10/c1-17-13-22(19(14-25)23(26-5)28-17)30-12-9-21-20(15-30)18(2)29-31(21)11-8-6-7-10-27-16-24(3,4)32;1-2-4-5-3-1/h13-14,25,27,32H,6-12,15-16H2,1-5H3,(H,26,28);1-5H2. The van der Waals surface area contributed by atoms with E-state index in [2.05, 4.69) is 38.2 Å². The Labute approximate surface area is 223 Å². The van der Waals surface area contributed by atoms with Crippen molar-refractivity contribution in [3.63, 3.8) is 0 Å². The Balaban J connectivity index is 0.000000678. The molecule has 0 spiro atoms. The molecule has 0 atom stereocenters. The Morgan fingerprint density at radius 1 is 1.11 bits per heavy atom. The van der Waals surface area contributed by atoms with Crippen molar-refractivity contribution in [2.75, 3.05) is 36.9 Å². The van der Waals surface area contributed by atoms with Crippen LogP contribution in [0.4, 0.5) is 11.5 Å². The van der Waals surface area contributed by atoms with Crippen LogP contribution in [0.3, 0.4) is 0 Å². The molecule has 0 aromatic carbocycles. The molecular formula is C29H49N7O. The van der Waals surface area contributed by atoms with Gasteiger partial charge >= 0.3 is 0 Å². The third-order valence-electron chi connectivity index (χ3n) is 7.25. The van der Waals surface area contributed by atoms with Crippen LogP contribution in [0.5, 0.6) is 0 Å². The number of aliphatic hydroxyl groups is 1. The van der Waals surface area contributed by atoms with Gasteiger partial charge in [0.2, 0.25) is 0 Å². The lowest BCUT2D eigenvalue weighted by atomic mass is 10.0. The summed E-state index contributed by atoms with van der Waals surface area (Å²) in [6, 6.07) is 2.08. The van der Waals surface area contributed by atoms with E-state index < -0.39 is 5.60 Å². The Morgan fingerprint density at radius 2 is 1.81 bits per heavy atom. The lowest BCUT2D eigenvalue weighted by Crippen LogP contribution is -2.35. The molecule has 2 aromatic rings. The molecule has 1 saturated carbocycles. The van der Waals surface area contributed by atoms with Crippen LogP contribution in [0.15, 0.2) is 6.07 Å². The van der Waals surface area contributed by atoms with Gasteiger partial charge in [-0.2, -0.15) is 5.10 Å². The minimum Gasteiger partial charge on any atom is -0.389 e. The molecule has 1 fully saturated rings. The third kappa shape index (κ3) is 8.54. The molecule has 4 rings (SSSR count).